The molecular formula is C9H21NO4S. The Balaban J connectivity index is 0.000000262. The van der Waals surface area contributed by atoms with Gasteiger partial charge in [-0.25, -0.2) is 0 Å². The first-order valence-corrected chi connectivity index (χ1v) is 6.71. The number of aliphatic hydroxyl groups is 1. The van der Waals surface area contributed by atoms with Crippen molar-refractivity contribution in [3.05, 3.63) is 0 Å². The average Bonchev–Trinajstić information content (AvgIpc) is 2.17. The van der Waals surface area contributed by atoms with Crippen molar-refractivity contribution in [2.45, 2.75) is 50.3 Å². The highest BCUT2D eigenvalue weighted by molar-refractivity contribution is 7.86. The molecule has 1 aliphatic rings. The van der Waals surface area contributed by atoms with Gasteiger partial charge in [0.2, 0.25) is 0 Å². The van der Waals surface area contributed by atoms with Crippen LogP contribution in [0.25, 0.3) is 0 Å². The Morgan fingerprint density at radius 1 is 1.33 bits per heavy atom. The van der Waals surface area contributed by atoms with Crippen LogP contribution in [-0.2, 0) is 10.1 Å². The van der Waals surface area contributed by atoms with E-state index in [0.717, 1.165) is 0 Å². The van der Waals surface area contributed by atoms with Gasteiger partial charge in [0.1, 0.15) is 5.25 Å². The van der Waals surface area contributed by atoms with E-state index in [4.69, 9.17) is 15.4 Å². The molecule has 6 heteroatoms. The zero-order chi connectivity index (χ0) is 11.9. The summed E-state index contributed by atoms with van der Waals surface area (Å²) in [5, 5.41) is 7.06. The maximum absolute atomic E-state index is 9.96. The Kier molecular flexibility index (Phi) is 7.08. The molecule has 0 aliphatic heterocycles. The number of aliphatic hydroxyl groups excluding tert-OH is 1. The van der Waals surface area contributed by atoms with Gasteiger partial charge >= 0.3 is 0 Å². The summed E-state index contributed by atoms with van der Waals surface area (Å²) in [6.45, 7) is 0.675. The summed E-state index contributed by atoms with van der Waals surface area (Å²) in [6, 6.07) is 0.536. The summed E-state index contributed by atoms with van der Waals surface area (Å²) >= 11 is 0. The second kappa shape index (κ2) is 7.16. The van der Waals surface area contributed by atoms with E-state index in [0.29, 0.717) is 6.04 Å². The molecule has 5 nitrogen and oxygen atoms in total. The lowest BCUT2D eigenvalue weighted by Gasteiger charge is -2.15. The lowest BCUT2D eigenvalue weighted by molar-refractivity contribution is 0.289. The normalized spacial score (nSPS) is 20.3. The second-order valence-electron chi connectivity index (χ2n) is 3.91. The van der Waals surface area contributed by atoms with Gasteiger partial charge in [-0.15, -0.1) is 0 Å². The molecule has 0 bridgehead atoms. The molecule has 0 radical (unpaired) electrons. The van der Waals surface area contributed by atoms with E-state index in [9.17, 15) is 8.42 Å². The Morgan fingerprint density at radius 3 is 1.93 bits per heavy atom. The quantitative estimate of drug-likeness (QED) is 0.610. The number of nitrogens with two attached hydrogens (primary N) is 1. The summed E-state index contributed by atoms with van der Waals surface area (Å²) in [5.74, 6) is 0. The Morgan fingerprint density at radius 2 is 1.80 bits per heavy atom. The minimum absolute atomic E-state index is 0.536. The van der Waals surface area contributed by atoms with Crippen LogP contribution in [-0.4, -0.2) is 36.0 Å². The first-order valence-electron chi connectivity index (χ1n) is 5.20. The molecule has 1 atom stereocenters. The molecular weight excluding hydrogens is 218 g/mol. The van der Waals surface area contributed by atoms with Gasteiger partial charge in [-0.1, -0.05) is 19.3 Å². The maximum Gasteiger partial charge on any atom is 0.269 e. The van der Waals surface area contributed by atoms with E-state index in [1.807, 2.05) is 0 Å². The van der Waals surface area contributed by atoms with E-state index in [-0.39, 0.29) is 0 Å². The van der Waals surface area contributed by atoms with Gasteiger partial charge in [0.05, 0.1) is 6.61 Å². The Bertz CT molecular complexity index is 247. The molecule has 1 saturated carbocycles. The number of rotatable bonds is 2. The minimum Gasteiger partial charge on any atom is -0.395 e. The van der Waals surface area contributed by atoms with Crippen LogP contribution >= 0.6 is 0 Å². The summed E-state index contributed by atoms with van der Waals surface area (Å²) in [6.07, 6.45) is 6.66. The third kappa shape index (κ3) is 7.72. The van der Waals surface area contributed by atoms with Gasteiger partial charge in [0, 0.05) is 6.04 Å². The van der Waals surface area contributed by atoms with Crippen molar-refractivity contribution >= 4 is 10.1 Å². The van der Waals surface area contributed by atoms with Gasteiger partial charge in [0.15, 0.2) is 0 Å². The fourth-order valence-corrected chi connectivity index (χ4v) is 1.42. The van der Waals surface area contributed by atoms with Crippen LogP contribution in [0.1, 0.15) is 39.0 Å². The maximum atomic E-state index is 9.96. The largest absolute Gasteiger partial charge is 0.395 e. The van der Waals surface area contributed by atoms with E-state index in [1.54, 1.807) is 0 Å². The molecule has 0 aromatic rings. The second-order valence-corrected chi connectivity index (χ2v) is 5.74. The van der Waals surface area contributed by atoms with Crippen molar-refractivity contribution in [1.82, 2.24) is 0 Å². The molecule has 0 aromatic carbocycles. The standard InChI is InChI=1S/C6H13N.C3H8O4S/c7-6-4-2-1-3-5-6;1-3(2-4)8(5,6)7/h6H,1-5,7H2;3-4H,2H2,1H3,(H,5,6,7). The van der Waals surface area contributed by atoms with Crippen LogP contribution < -0.4 is 5.73 Å². The van der Waals surface area contributed by atoms with Crippen molar-refractivity contribution in [2.24, 2.45) is 5.73 Å². The number of hydrogen-bond donors (Lipinski definition) is 3. The molecule has 0 amide bonds. The molecule has 92 valence electrons. The van der Waals surface area contributed by atoms with Gasteiger partial charge in [0.25, 0.3) is 10.1 Å². The van der Waals surface area contributed by atoms with Gasteiger partial charge in [-0.2, -0.15) is 8.42 Å². The van der Waals surface area contributed by atoms with Crippen molar-refractivity contribution < 1.29 is 18.1 Å². The van der Waals surface area contributed by atoms with Gasteiger partial charge < -0.3 is 10.8 Å². The van der Waals surface area contributed by atoms with E-state index in [2.05, 4.69) is 0 Å². The molecule has 15 heavy (non-hydrogen) atoms. The van der Waals surface area contributed by atoms with Crippen LogP contribution in [0.3, 0.4) is 0 Å². The predicted molar refractivity (Wildman–Crippen MR) is 59.2 cm³/mol. The first-order chi connectivity index (χ1) is 6.88. The summed E-state index contributed by atoms with van der Waals surface area (Å²) < 4.78 is 28.0. The van der Waals surface area contributed by atoms with Crippen LogP contribution in [0.5, 0.6) is 0 Å². The van der Waals surface area contributed by atoms with Gasteiger partial charge in [-0.05, 0) is 19.8 Å². The minimum atomic E-state index is -4.00. The highest BCUT2D eigenvalue weighted by atomic mass is 32.2. The summed E-state index contributed by atoms with van der Waals surface area (Å²) in [4.78, 5) is 0. The zero-order valence-corrected chi connectivity index (χ0v) is 9.91. The lowest BCUT2D eigenvalue weighted by atomic mass is 9.97. The first kappa shape index (κ1) is 14.8. The van der Waals surface area contributed by atoms with E-state index < -0.39 is 22.0 Å². The number of hydrogen-bond acceptors (Lipinski definition) is 4. The smallest absolute Gasteiger partial charge is 0.269 e. The monoisotopic (exact) mass is 239 g/mol. The third-order valence-electron chi connectivity index (χ3n) is 2.42. The Hall–Kier alpha value is -0.170. The topological polar surface area (TPSA) is 101 Å². The van der Waals surface area contributed by atoms with Crippen molar-refractivity contribution in [3.8, 4) is 0 Å². The highest BCUT2D eigenvalue weighted by Crippen LogP contribution is 2.14. The van der Waals surface area contributed by atoms with Crippen LogP contribution in [0.2, 0.25) is 0 Å². The molecule has 1 fully saturated rings. The predicted octanol–water partition coefficient (Wildman–Crippen LogP) is 0.533. The summed E-state index contributed by atoms with van der Waals surface area (Å²) in [7, 11) is -4.00. The Labute approximate surface area is 91.4 Å². The van der Waals surface area contributed by atoms with Crippen molar-refractivity contribution in [1.29, 1.82) is 0 Å². The molecule has 1 unspecified atom stereocenters. The molecule has 0 aromatic heterocycles. The highest BCUT2D eigenvalue weighted by Gasteiger charge is 2.14. The molecule has 0 spiro atoms. The molecule has 1 rings (SSSR count). The zero-order valence-electron chi connectivity index (χ0n) is 9.09. The molecule has 0 heterocycles. The van der Waals surface area contributed by atoms with E-state index in [1.165, 1.54) is 39.0 Å². The van der Waals surface area contributed by atoms with Crippen molar-refractivity contribution in [3.63, 3.8) is 0 Å². The average molecular weight is 239 g/mol. The van der Waals surface area contributed by atoms with Gasteiger partial charge in [-0.3, -0.25) is 4.55 Å². The fourth-order valence-electron chi connectivity index (χ4n) is 1.23. The molecule has 4 N–H and O–H groups in total. The van der Waals surface area contributed by atoms with Crippen LogP contribution in [0.15, 0.2) is 0 Å². The molecule has 1 aliphatic carbocycles. The fraction of sp³-hybridized carbons (Fsp3) is 1.00. The molecule has 0 saturated heterocycles. The SMILES string of the molecule is CC(CO)S(=O)(=O)O.NC1CCCCC1. The summed E-state index contributed by atoms with van der Waals surface area (Å²) in [5.41, 5.74) is 5.63. The van der Waals surface area contributed by atoms with Crippen LogP contribution in [0.4, 0.5) is 0 Å². The lowest BCUT2D eigenvalue weighted by Crippen LogP contribution is -2.22. The third-order valence-corrected chi connectivity index (χ3v) is 3.58. The van der Waals surface area contributed by atoms with Crippen molar-refractivity contribution in [2.75, 3.05) is 6.61 Å². The van der Waals surface area contributed by atoms with E-state index >= 15 is 0 Å². The van der Waals surface area contributed by atoms with Crippen LogP contribution in [0, 0.1) is 0 Å².